The van der Waals surface area contributed by atoms with Gasteiger partial charge in [0.2, 0.25) is 11.8 Å². The van der Waals surface area contributed by atoms with Crippen LogP contribution in [0.25, 0.3) is 0 Å². The molecule has 0 aliphatic heterocycles. The molecule has 12 heteroatoms. The molecule has 0 saturated heterocycles. The van der Waals surface area contributed by atoms with Gasteiger partial charge in [0.05, 0.1) is 34.8 Å². The van der Waals surface area contributed by atoms with Gasteiger partial charge in [-0.05, 0) is 61.7 Å². The Hall–Kier alpha value is -3.47. The maximum Gasteiger partial charge on any atom is 0.264 e. The van der Waals surface area contributed by atoms with Gasteiger partial charge in [-0.2, -0.15) is 0 Å². The molecular weight excluding hydrogens is 613 g/mol. The number of aryl methyl sites for hydroxylation is 1. The predicted octanol–water partition coefficient (Wildman–Crippen LogP) is 5.85. The zero-order chi connectivity index (χ0) is 31.7. The first-order chi connectivity index (χ1) is 20.5. The number of halogens is 2. The van der Waals surface area contributed by atoms with Crippen molar-refractivity contribution in [1.29, 1.82) is 0 Å². The summed E-state index contributed by atoms with van der Waals surface area (Å²) in [7, 11) is -1.44. The average Bonchev–Trinajstić information content (AvgIpc) is 3.00. The number of hydrogen-bond acceptors (Lipinski definition) is 6. The molecule has 1 N–H and O–H groups in total. The van der Waals surface area contributed by atoms with Crippen LogP contribution in [0.1, 0.15) is 37.8 Å². The first-order valence-corrected chi connectivity index (χ1v) is 16.0. The molecule has 0 radical (unpaired) electrons. The van der Waals surface area contributed by atoms with Gasteiger partial charge in [0.15, 0.2) is 11.5 Å². The molecule has 3 aromatic rings. The highest BCUT2D eigenvalue weighted by molar-refractivity contribution is 7.92. The maximum absolute atomic E-state index is 14.2. The van der Waals surface area contributed by atoms with E-state index < -0.39 is 28.5 Å². The lowest BCUT2D eigenvalue weighted by molar-refractivity contribution is -0.140. The van der Waals surface area contributed by atoms with Crippen molar-refractivity contribution < 1.29 is 27.5 Å². The van der Waals surface area contributed by atoms with Crippen molar-refractivity contribution in [2.75, 3.05) is 31.6 Å². The number of benzene rings is 3. The van der Waals surface area contributed by atoms with Crippen LogP contribution in [-0.4, -0.2) is 58.5 Å². The molecule has 232 valence electrons. The summed E-state index contributed by atoms with van der Waals surface area (Å²) in [5.74, 6) is -0.327. The summed E-state index contributed by atoms with van der Waals surface area (Å²) in [5, 5.41) is 3.51. The molecule has 3 aromatic carbocycles. The molecule has 0 aliphatic carbocycles. The van der Waals surface area contributed by atoms with E-state index in [-0.39, 0.29) is 28.8 Å². The average molecular weight is 651 g/mol. The Balaban J connectivity index is 2.10. The molecule has 0 fully saturated rings. The van der Waals surface area contributed by atoms with Gasteiger partial charge >= 0.3 is 0 Å². The zero-order valence-electron chi connectivity index (χ0n) is 24.9. The Labute approximate surface area is 263 Å². The maximum atomic E-state index is 14.2. The van der Waals surface area contributed by atoms with E-state index in [0.717, 1.165) is 9.87 Å². The van der Waals surface area contributed by atoms with E-state index in [1.807, 2.05) is 13.8 Å². The van der Waals surface area contributed by atoms with Crippen LogP contribution in [0, 0.1) is 6.92 Å². The van der Waals surface area contributed by atoms with Crippen molar-refractivity contribution in [1.82, 2.24) is 10.2 Å². The highest BCUT2D eigenvalue weighted by atomic mass is 35.5. The van der Waals surface area contributed by atoms with E-state index >= 15 is 0 Å². The quantitative estimate of drug-likeness (QED) is 0.235. The van der Waals surface area contributed by atoms with E-state index in [4.69, 9.17) is 32.7 Å². The minimum Gasteiger partial charge on any atom is -0.493 e. The number of nitrogens with one attached hydrogen (secondary N) is 1. The van der Waals surface area contributed by atoms with Crippen molar-refractivity contribution in [3.63, 3.8) is 0 Å². The topological polar surface area (TPSA) is 105 Å². The number of hydrogen-bond donors (Lipinski definition) is 1. The smallest absolute Gasteiger partial charge is 0.264 e. The third-order valence-corrected chi connectivity index (χ3v) is 9.32. The fraction of sp³-hybridized carbons (Fsp3) is 0.355. The molecule has 0 unspecified atom stereocenters. The van der Waals surface area contributed by atoms with Crippen molar-refractivity contribution >= 4 is 50.7 Å². The van der Waals surface area contributed by atoms with Crippen LogP contribution in [0.5, 0.6) is 11.5 Å². The van der Waals surface area contributed by atoms with Crippen LogP contribution in [-0.2, 0) is 26.2 Å². The molecule has 0 aromatic heterocycles. The summed E-state index contributed by atoms with van der Waals surface area (Å²) in [6, 6.07) is 15.1. The Bertz CT molecular complexity index is 1530. The molecule has 43 heavy (non-hydrogen) atoms. The summed E-state index contributed by atoms with van der Waals surface area (Å²) in [5.41, 5.74) is 1.83. The van der Waals surface area contributed by atoms with Crippen molar-refractivity contribution in [2.24, 2.45) is 0 Å². The van der Waals surface area contributed by atoms with Crippen LogP contribution in [0.3, 0.4) is 0 Å². The lowest BCUT2D eigenvalue weighted by Crippen LogP contribution is -2.52. The fourth-order valence-corrected chi connectivity index (χ4v) is 6.21. The monoisotopic (exact) mass is 649 g/mol. The van der Waals surface area contributed by atoms with Crippen molar-refractivity contribution in [3.05, 3.63) is 81.8 Å². The summed E-state index contributed by atoms with van der Waals surface area (Å²) in [6.07, 6.45) is 1.02. The van der Waals surface area contributed by atoms with Gasteiger partial charge in [-0.25, -0.2) is 8.42 Å². The van der Waals surface area contributed by atoms with Gasteiger partial charge < -0.3 is 19.7 Å². The summed E-state index contributed by atoms with van der Waals surface area (Å²) < 4.78 is 39.9. The second-order valence-corrected chi connectivity index (χ2v) is 12.5. The molecule has 2 amide bonds. The lowest BCUT2D eigenvalue weighted by atomic mass is 10.1. The van der Waals surface area contributed by atoms with Crippen LogP contribution in [0.15, 0.2) is 65.6 Å². The Morgan fingerprint density at radius 2 is 1.58 bits per heavy atom. The first kappa shape index (κ1) is 34.0. The Morgan fingerprint density at radius 1 is 0.907 bits per heavy atom. The molecule has 0 aliphatic rings. The highest BCUT2D eigenvalue weighted by Gasteiger charge is 2.34. The van der Waals surface area contributed by atoms with Crippen LogP contribution < -0.4 is 19.1 Å². The second-order valence-electron chi connectivity index (χ2n) is 9.85. The number of ether oxygens (including phenoxy) is 2. The predicted molar refractivity (Wildman–Crippen MR) is 170 cm³/mol. The van der Waals surface area contributed by atoms with E-state index in [1.165, 1.54) is 37.3 Å². The molecule has 3 rings (SSSR count). The zero-order valence-corrected chi connectivity index (χ0v) is 27.2. The third kappa shape index (κ3) is 8.34. The number of carbonyl (C=O) groups excluding carboxylic acids is 2. The SMILES string of the molecule is CCCNC(=O)[C@H](CC)N(Cc1ccc(Cl)c(Cl)c1)C(=O)CN(c1ccc(C)cc1)S(=O)(=O)c1ccc(OC)c(OC)c1. The standard InChI is InChI=1S/C31H37Cl2N3O6S/c1-6-16-34-31(38)27(7-2)35(19-22-10-14-25(32)26(33)17-22)30(37)20-36(23-11-8-21(3)9-12-23)43(39,40)24-13-15-28(41-4)29(18-24)42-5/h8-15,17-18,27H,6-7,16,19-20H2,1-5H3,(H,34,38)/t27-/m0/s1. The lowest BCUT2D eigenvalue weighted by Gasteiger charge is -2.33. The van der Waals surface area contributed by atoms with Gasteiger partial charge in [0.1, 0.15) is 12.6 Å². The normalized spacial score (nSPS) is 11.9. The molecule has 9 nitrogen and oxygen atoms in total. The van der Waals surface area contributed by atoms with Gasteiger partial charge in [0.25, 0.3) is 10.0 Å². The van der Waals surface area contributed by atoms with Crippen LogP contribution in [0.2, 0.25) is 10.0 Å². The van der Waals surface area contributed by atoms with Gasteiger partial charge in [-0.3, -0.25) is 13.9 Å². The number of sulfonamides is 1. The number of carbonyl (C=O) groups is 2. The summed E-state index contributed by atoms with van der Waals surface area (Å²) in [4.78, 5) is 28.7. The van der Waals surface area contributed by atoms with Crippen LogP contribution in [0.4, 0.5) is 5.69 Å². The van der Waals surface area contributed by atoms with Crippen LogP contribution >= 0.6 is 23.2 Å². The molecule has 0 saturated carbocycles. The van der Waals surface area contributed by atoms with Crippen molar-refractivity contribution in [3.8, 4) is 11.5 Å². The minimum atomic E-state index is -4.29. The van der Waals surface area contributed by atoms with Gasteiger partial charge in [-0.1, -0.05) is 60.8 Å². The number of anilines is 1. The van der Waals surface area contributed by atoms with Gasteiger partial charge in [-0.15, -0.1) is 0 Å². The first-order valence-electron chi connectivity index (χ1n) is 13.8. The number of nitrogens with zero attached hydrogens (tertiary/aromatic N) is 2. The van der Waals surface area contributed by atoms with E-state index in [1.54, 1.807) is 49.4 Å². The number of amides is 2. The molecule has 1 atom stereocenters. The van der Waals surface area contributed by atoms with E-state index in [9.17, 15) is 18.0 Å². The number of methoxy groups -OCH3 is 2. The highest BCUT2D eigenvalue weighted by Crippen LogP contribution is 2.33. The van der Waals surface area contributed by atoms with E-state index in [0.29, 0.717) is 40.7 Å². The molecule has 0 bridgehead atoms. The van der Waals surface area contributed by atoms with Gasteiger partial charge in [0, 0.05) is 19.2 Å². The van der Waals surface area contributed by atoms with Crippen molar-refractivity contribution in [2.45, 2.75) is 51.1 Å². The minimum absolute atomic E-state index is 0.00587. The fourth-order valence-electron chi connectivity index (χ4n) is 4.46. The molecule has 0 heterocycles. The molecule has 0 spiro atoms. The Morgan fingerprint density at radius 3 is 2.16 bits per heavy atom. The third-order valence-electron chi connectivity index (χ3n) is 6.82. The number of rotatable bonds is 14. The summed E-state index contributed by atoms with van der Waals surface area (Å²) >= 11 is 12.4. The van der Waals surface area contributed by atoms with E-state index in [2.05, 4.69) is 5.32 Å². The Kier molecular flexibility index (Phi) is 12.1. The summed E-state index contributed by atoms with van der Waals surface area (Å²) in [6.45, 7) is 5.47. The largest absolute Gasteiger partial charge is 0.493 e. The molecular formula is C31H37Cl2N3O6S. The second kappa shape index (κ2) is 15.3.